The van der Waals surface area contributed by atoms with Gasteiger partial charge in [0.25, 0.3) is 0 Å². The van der Waals surface area contributed by atoms with Crippen LogP contribution in [0.4, 0.5) is 0 Å². The van der Waals surface area contributed by atoms with Crippen molar-refractivity contribution < 1.29 is 19.7 Å². The largest absolute Gasteiger partial charge is 0.507 e. The van der Waals surface area contributed by atoms with Crippen molar-refractivity contribution >= 4 is 22.1 Å². The molecule has 0 radical (unpaired) electrons. The maximum atomic E-state index is 12.9. The molecule has 0 saturated heterocycles. The van der Waals surface area contributed by atoms with Crippen LogP contribution in [0.25, 0.3) is 22.1 Å². The second-order valence-electron chi connectivity index (χ2n) is 26.0. The van der Waals surface area contributed by atoms with E-state index in [1.807, 2.05) is 60.9 Å². The molecule has 1 aliphatic carbocycles. The molecule has 0 spiro atoms. The van der Waals surface area contributed by atoms with E-state index in [4.69, 9.17) is 19.4 Å². The number of nitrogens with zero attached hydrogens (tertiary/aromatic N) is 8. The number of hydrogen-bond acceptors (Lipinski definition) is 10. The molecule has 0 amide bonds. The summed E-state index contributed by atoms with van der Waals surface area (Å²) in [7, 11) is 0. The number of phenols is 2. The minimum Gasteiger partial charge on any atom is -0.507 e. The summed E-state index contributed by atoms with van der Waals surface area (Å²) < 4.78 is 17.7. The van der Waals surface area contributed by atoms with Crippen molar-refractivity contribution in [1.82, 2.24) is 49.9 Å². The molecule has 14 heteroatoms. The van der Waals surface area contributed by atoms with E-state index in [0.717, 1.165) is 100 Å². The highest BCUT2D eigenvalue weighted by Crippen LogP contribution is 2.44. The fraction of sp³-hybridized carbons (Fsp3) is 0.364. The number of ether oxygens (including phenoxy) is 2. The van der Waals surface area contributed by atoms with Crippen molar-refractivity contribution in [1.29, 1.82) is 0 Å². The van der Waals surface area contributed by atoms with Gasteiger partial charge >= 0.3 is 0 Å². The average Bonchev–Trinajstić information content (AvgIpc) is 4.23. The van der Waals surface area contributed by atoms with Crippen LogP contribution in [0.1, 0.15) is 173 Å². The molecular weight excluding hydrogens is 997 g/mol. The van der Waals surface area contributed by atoms with Crippen molar-refractivity contribution in [3.63, 3.8) is 0 Å². The zero-order chi connectivity index (χ0) is 56.5. The molecule has 80 heavy (non-hydrogen) atoms. The number of aromatic hydroxyl groups is 2. The minimum atomic E-state index is -0.263. The molecule has 11 rings (SSSR count). The zero-order valence-corrected chi connectivity index (χ0v) is 48.3. The molecule has 0 unspecified atom stereocenters. The lowest BCUT2D eigenvalue weighted by molar-refractivity contribution is 0.295. The average molecular weight is 1070 g/mol. The van der Waals surface area contributed by atoms with Gasteiger partial charge in [0.05, 0.1) is 34.5 Å². The van der Waals surface area contributed by atoms with E-state index in [1.165, 1.54) is 0 Å². The Morgan fingerprint density at radius 3 is 1.04 bits per heavy atom. The van der Waals surface area contributed by atoms with E-state index in [9.17, 15) is 10.2 Å². The van der Waals surface area contributed by atoms with E-state index in [2.05, 4.69) is 162 Å². The molecule has 0 atom stereocenters. The summed E-state index contributed by atoms with van der Waals surface area (Å²) in [5.41, 5.74) is 15.2. The Kier molecular flexibility index (Phi) is 13.7. The van der Waals surface area contributed by atoms with Gasteiger partial charge in [-0.1, -0.05) is 166 Å². The van der Waals surface area contributed by atoms with Crippen LogP contribution in [-0.4, -0.2) is 60.1 Å². The van der Waals surface area contributed by atoms with Crippen LogP contribution in [0.15, 0.2) is 109 Å². The van der Waals surface area contributed by atoms with Crippen molar-refractivity contribution in [3.05, 3.63) is 199 Å². The number of hydrogen-bond donors (Lipinski definition) is 4. The Balaban J connectivity index is 1.04. The third-order valence-corrected chi connectivity index (χ3v) is 15.4. The van der Waals surface area contributed by atoms with Crippen LogP contribution < -0.4 is 9.47 Å². The van der Waals surface area contributed by atoms with Gasteiger partial charge in [-0.25, -0.2) is 19.3 Å². The zero-order valence-electron chi connectivity index (χ0n) is 48.3. The fourth-order valence-electron chi connectivity index (χ4n) is 10.7. The quantitative estimate of drug-likeness (QED) is 0.103. The lowest BCUT2D eigenvalue weighted by Crippen LogP contribution is -2.16. The first-order valence-corrected chi connectivity index (χ1v) is 27.8. The number of imidazole rings is 2. The monoisotopic (exact) mass is 1070 g/mol. The summed E-state index contributed by atoms with van der Waals surface area (Å²) in [6.07, 6.45) is 5.27. The lowest BCUT2D eigenvalue weighted by Gasteiger charge is -2.28. The molecular formula is C66H74N10O4. The van der Waals surface area contributed by atoms with Gasteiger partial charge in [0.15, 0.2) is 0 Å². The fourth-order valence-corrected chi connectivity index (χ4v) is 10.7. The number of benzene rings is 6. The molecule has 0 saturated carbocycles. The van der Waals surface area contributed by atoms with E-state index in [1.54, 1.807) is 9.36 Å². The number of phenolic OH excluding ortho intramolecular Hbond substituents is 2. The molecule has 8 bridgehead atoms. The highest BCUT2D eigenvalue weighted by atomic mass is 16.5. The molecule has 4 heterocycles. The molecule has 4 aromatic heterocycles. The Hall–Kier alpha value is -8.26. The Bertz CT molecular complexity index is 3520. The van der Waals surface area contributed by atoms with Crippen LogP contribution in [0.5, 0.6) is 23.0 Å². The molecule has 412 valence electrons. The van der Waals surface area contributed by atoms with Crippen LogP contribution in [0, 0.1) is 0 Å². The summed E-state index contributed by atoms with van der Waals surface area (Å²) >= 11 is 0. The molecule has 1 aliphatic rings. The second kappa shape index (κ2) is 20.4. The summed E-state index contributed by atoms with van der Waals surface area (Å²) in [5, 5.41) is 43.9. The third-order valence-electron chi connectivity index (χ3n) is 15.4. The first-order chi connectivity index (χ1) is 37.9. The number of H-pyrrole nitrogens is 2. The Labute approximate surface area is 468 Å². The van der Waals surface area contributed by atoms with Gasteiger partial charge in [-0.2, -0.15) is 0 Å². The topological polar surface area (TPSA) is 178 Å². The number of rotatable bonds is 10. The molecule has 4 N–H and O–H groups in total. The number of aromatic amines is 2. The first kappa shape index (κ1) is 53.7. The second-order valence-corrected chi connectivity index (χ2v) is 26.0. The first-order valence-electron chi connectivity index (χ1n) is 27.8. The van der Waals surface area contributed by atoms with Gasteiger partial charge in [0.2, 0.25) is 0 Å². The Morgan fingerprint density at radius 1 is 0.438 bits per heavy atom. The summed E-state index contributed by atoms with van der Waals surface area (Å²) in [5.74, 6) is 3.39. The summed E-state index contributed by atoms with van der Waals surface area (Å²) in [6.45, 7) is 27.7. The lowest BCUT2D eigenvalue weighted by atomic mass is 9.79. The SMILES string of the molecule is CC(C)(C)c1cc2c(O)c(c1)Cc1cc(C(C)(C)C)cc(c1OCc1cn(Cc3nc4ccccc4[nH]3)nn1)Cc1cc(C(C)(C)C)cc(c1O)Cc1cc(C(C)(C)C)cc(c1OCc1cn(Cc3nc4ccccc4[nH]3)nn1)C2. The molecule has 10 aromatic rings. The highest BCUT2D eigenvalue weighted by molar-refractivity contribution is 5.75. The Morgan fingerprint density at radius 2 is 0.738 bits per heavy atom. The maximum absolute atomic E-state index is 12.9. The van der Waals surface area contributed by atoms with E-state index >= 15 is 0 Å². The van der Waals surface area contributed by atoms with Crippen molar-refractivity contribution in [2.75, 3.05) is 0 Å². The number of aromatic nitrogens is 10. The van der Waals surface area contributed by atoms with Gasteiger partial charge < -0.3 is 29.7 Å². The van der Waals surface area contributed by atoms with Crippen LogP contribution in [-0.2, 0) is 73.6 Å². The van der Waals surface area contributed by atoms with Gasteiger partial charge in [0.1, 0.15) is 72.3 Å². The van der Waals surface area contributed by atoms with Crippen LogP contribution in [0.2, 0.25) is 0 Å². The predicted molar refractivity (Wildman–Crippen MR) is 314 cm³/mol. The van der Waals surface area contributed by atoms with Crippen molar-refractivity contribution in [3.8, 4) is 23.0 Å². The number of para-hydroxylation sites is 4. The maximum Gasteiger partial charge on any atom is 0.134 e. The number of fused-ring (bicyclic) bond motifs is 10. The van der Waals surface area contributed by atoms with Crippen LogP contribution in [0.3, 0.4) is 0 Å². The van der Waals surface area contributed by atoms with E-state index in [-0.39, 0.29) is 46.4 Å². The molecule has 0 fully saturated rings. The van der Waals surface area contributed by atoms with Crippen molar-refractivity contribution in [2.24, 2.45) is 0 Å². The third kappa shape index (κ3) is 11.4. The molecule has 6 aromatic carbocycles. The van der Waals surface area contributed by atoms with Crippen LogP contribution >= 0.6 is 0 Å². The molecule has 0 aliphatic heterocycles. The standard InChI is InChI=1S/C66H74N10O4/c1-63(2,3)47-25-39-21-43-29-49(65(7,8)9)31-45(61(43)79-37-51-33-75(73-71-51)35-57-67-53-17-13-14-18-54(53)68-57)23-41-27-48(64(4,5)6)28-42(60(41)78)24-46-32-50(66(10,11)12)30-44(22-40(26-47)59(39)77)62(46)80-38-52-34-76(74-72-52)36-58-69-55-19-15-16-20-56(55)70-58/h13-20,25-34,77-78H,21-24,35-38H2,1-12H3,(H,67,68)(H,69,70). The number of nitrogens with one attached hydrogen (secondary N) is 2. The summed E-state index contributed by atoms with van der Waals surface area (Å²) in [6, 6.07) is 33.5. The van der Waals surface area contributed by atoms with Crippen molar-refractivity contribution in [2.45, 2.75) is 157 Å². The normalized spacial score (nSPS) is 13.3. The highest BCUT2D eigenvalue weighted by Gasteiger charge is 2.29. The van der Waals surface area contributed by atoms with Gasteiger partial charge in [-0.15, -0.1) is 10.2 Å². The van der Waals surface area contributed by atoms with E-state index in [0.29, 0.717) is 61.7 Å². The predicted octanol–water partition coefficient (Wildman–Crippen LogP) is 13.2. The van der Waals surface area contributed by atoms with Gasteiger partial charge in [-0.3, -0.25) is 0 Å². The van der Waals surface area contributed by atoms with E-state index < -0.39 is 0 Å². The summed E-state index contributed by atoms with van der Waals surface area (Å²) in [4.78, 5) is 16.3. The molecule has 14 nitrogen and oxygen atoms in total. The minimum absolute atomic E-state index is 0.138. The van der Waals surface area contributed by atoms with Gasteiger partial charge in [-0.05, 0) is 113 Å². The smallest absolute Gasteiger partial charge is 0.134 e. The van der Waals surface area contributed by atoms with Gasteiger partial charge in [0, 0.05) is 25.7 Å².